The van der Waals surface area contributed by atoms with Gasteiger partial charge in [-0.1, -0.05) is 0 Å². The van der Waals surface area contributed by atoms with Gasteiger partial charge in [-0.25, -0.2) is 14.3 Å². The zero-order valence-corrected chi connectivity index (χ0v) is 15.2. The van der Waals surface area contributed by atoms with Crippen molar-refractivity contribution in [1.82, 2.24) is 5.48 Å². The van der Waals surface area contributed by atoms with Crippen molar-refractivity contribution in [2.75, 3.05) is 14.2 Å². The lowest BCUT2D eigenvalue weighted by atomic mass is 10.1. The second-order valence-electron chi connectivity index (χ2n) is 5.10. The monoisotopic (exact) mass is 411 g/mol. The third kappa shape index (κ3) is 5.00. The Hall–Kier alpha value is -2.02. The molecular weight excluding hydrogens is 396 g/mol. The molecular formula is C14H15F2NO7S2. The summed E-state index contributed by atoms with van der Waals surface area (Å²) < 4.78 is 72.1. The molecule has 2 aromatic rings. The number of fused-ring (bicyclic) bond motifs is 1. The number of ether oxygens (including phenoxy) is 2. The van der Waals surface area contributed by atoms with Crippen LogP contribution in [-0.4, -0.2) is 33.1 Å². The van der Waals surface area contributed by atoms with Crippen LogP contribution < -0.4 is 15.0 Å². The Kier molecular flexibility index (Phi) is 6.01. The number of thiophene rings is 1. The molecule has 0 spiro atoms. The number of halogens is 2. The van der Waals surface area contributed by atoms with Gasteiger partial charge in [-0.3, -0.25) is 9.35 Å². The number of nitrogens with one attached hydrogen (secondary N) is 1. The van der Waals surface area contributed by atoms with Crippen molar-refractivity contribution in [3.8, 4) is 11.5 Å². The average Bonchev–Trinajstić information content (AvgIpc) is 3.00. The van der Waals surface area contributed by atoms with Gasteiger partial charge in [-0.15, -0.1) is 15.6 Å². The number of benzene rings is 1. The predicted molar refractivity (Wildman–Crippen MR) is 88.8 cm³/mol. The summed E-state index contributed by atoms with van der Waals surface area (Å²) in [6.45, 7) is 0. The van der Waals surface area contributed by atoms with Crippen molar-refractivity contribution in [3.63, 3.8) is 0 Å². The predicted octanol–water partition coefficient (Wildman–Crippen LogP) is 2.64. The number of alkyl halides is 2. The molecule has 1 aromatic heterocycles. The Labute approximate surface area is 151 Å². The molecule has 0 saturated carbocycles. The molecule has 0 fully saturated rings. The smallest absolute Gasteiger partial charge is 0.418 e. The van der Waals surface area contributed by atoms with Gasteiger partial charge >= 0.3 is 10.4 Å². The number of hydrogen-bond donors (Lipinski definition) is 2. The first kappa shape index (κ1) is 20.3. The van der Waals surface area contributed by atoms with Gasteiger partial charge in [0.15, 0.2) is 11.5 Å². The number of rotatable bonds is 8. The van der Waals surface area contributed by atoms with Gasteiger partial charge in [-0.2, -0.15) is 8.42 Å². The molecule has 26 heavy (non-hydrogen) atoms. The molecule has 1 aromatic carbocycles. The van der Waals surface area contributed by atoms with Gasteiger partial charge in [-0.05, 0) is 17.5 Å². The third-order valence-electron chi connectivity index (χ3n) is 3.31. The van der Waals surface area contributed by atoms with Crippen LogP contribution in [0.4, 0.5) is 8.78 Å². The van der Waals surface area contributed by atoms with Crippen LogP contribution >= 0.6 is 11.3 Å². The maximum Gasteiger partial charge on any atom is 0.418 e. The molecule has 0 radical (unpaired) electrons. The molecule has 0 aliphatic heterocycles. The van der Waals surface area contributed by atoms with Crippen LogP contribution in [-0.2, 0) is 25.4 Å². The standard InChI is InChI=1S/C14H15F2NO7S2/c1-22-9-5-8-6-12(25-11(8)7-10(9)23-2)14(15,16)4-3-13(18)17-24-26(19,20)21/h5-7H,3-4H2,1-2H3,(H,17,18)(H,19,20,21). The van der Waals surface area contributed by atoms with Crippen molar-refractivity contribution in [1.29, 1.82) is 0 Å². The zero-order valence-electron chi connectivity index (χ0n) is 13.6. The Balaban J connectivity index is 2.14. The molecule has 0 aliphatic carbocycles. The summed E-state index contributed by atoms with van der Waals surface area (Å²) in [4.78, 5) is 11.1. The summed E-state index contributed by atoms with van der Waals surface area (Å²) in [6, 6.07) is 4.43. The summed E-state index contributed by atoms with van der Waals surface area (Å²) in [6.07, 6.45) is -1.60. The molecule has 0 aliphatic rings. The van der Waals surface area contributed by atoms with Gasteiger partial charge in [0.05, 0.1) is 19.1 Å². The van der Waals surface area contributed by atoms with E-state index in [-0.39, 0.29) is 4.88 Å². The molecule has 0 unspecified atom stereocenters. The van der Waals surface area contributed by atoms with Crippen LogP contribution in [0.3, 0.4) is 0 Å². The molecule has 12 heteroatoms. The molecule has 0 saturated heterocycles. The number of hydroxylamine groups is 1. The molecule has 1 amide bonds. The van der Waals surface area contributed by atoms with Crippen molar-refractivity contribution >= 4 is 37.7 Å². The Morgan fingerprint density at radius 2 is 1.85 bits per heavy atom. The van der Waals surface area contributed by atoms with E-state index in [4.69, 9.17) is 14.0 Å². The molecule has 0 bridgehead atoms. The molecule has 2 rings (SSSR count). The highest BCUT2D eigenvalue weighted by Crippen LogP contribution is 2.43. The average molecular weight is 411 g/mol. The van der Waals surface area contributed by atoms with Crippen molar-refractivity contribution in [2.24, 2.45) is 0 Å². The number of amides is 1. The normalized spacial score (nSPS) is 12.2. The Morgan fingerprint density at radius 1 is 1.23 bits per heavy atom. The molecule has 144 valence electrons. The molecule has 0 atom stereocenters. The highest BCUT2D eigenvalue weighted by molar-refractivity contribution is 7.80. The van der Waals surface area contributed by atoms with E-state index in [2.05, 4.69) is 4.28 Å². The highest BCUT2D eigenvalue weighted by Gasteiger charge is 2.34. The Bertz CT molecular complexity index is 870. The van der Waals surface area contributed by atoms with Crippen LogP contribution in [0.25, 0.3) is 10.1 Å². The van der Waals surface area contributed by atoms with E-state index in [9.17, 15) is 22.0 Å². The number of methoxy groups -OCH3 is 2. The Morgan fingerprint density at radius 3 is 2.42 bits per heavy atom. The van der Waals surface area contributed by atoms with E-state index in [1.165, 1.54) is 25.8 Å². The van der Waals surface area contributed by atoms with Crippen LogP contribution in [0.2, 0.25) is 0 Å². The maximum atomic E-state index is 14.4. The first-order valence-corrected chi connectivity index (χ1v) is 9.22. The largest absolute Gasteiger partial charge is 0.493 e. The van der Waals surface area contributed by atoms with Gasteiger partial charge in [0.2, 0.25) is 5.91 Å². The topological polar surface area (TPSA) is 111 Å². The quantitative estimate of drug-likeness (QED) is 0.507. The lowest BCUT2D eigenvalue weighted by molar-refractivity contribution is -0.130. The summed E-state index contributed by atoms with van der Waals surface area (Å²) in [5.74, 6) is -3.65. The van der Waals surface area contributed by atoms with Crippen molar-refractivity contribution < 1.29 is 40.3 Å². The SMILES string of the molecule is COc1cc2cc(C(F)(F)CCC(=O)NOS(=O)(=O)O)sc2cc1OC. The van der Waals surface area contributed by atoms with E-state index in [1.807, 2.05) is 0 Å². The van der Waals surface area contributed by atoms with Crippen molar-refractivity contribution in [2.45, 2.75) is 18.8 Å². The fourth-order valence-corrected chi connectivity index (χ4v) is 3.36. The summed E-state index contributed by atoms with van der Waals surface area (Å²) in [5.41, 5.74) is 1.36. The van der Waals surface area contributed by atoms with Crippen LogP contribution in [0.15, 0.2) is 18.2 Å². The summed E-state index contributed by atoms with van der Waals surface area (Å²) >= 11 is 0.838. The van der Waals surface area contributed by atoms with Crippen LogP contribution in [0.1, 0.15) is 17.7 Å². The van der Waals surface area contributed by atoms with Crippen LogP contribution in [0.5, 0.6) is 11.5 Å². The van der Waals surface area contributed by atoms with E-state index in [0.717, 1.165) is 11.3 Å². The van der Waals surface area contributed by atoms with E-state index in [0.29, 0.717) is 21.6 Å². The second kappa shape index (κ2) is 7.70. The second-order valence-corrected chi connectivity index (χ2v) is 7.20. The van der Waals surface area contributed by atoms with E-state index < -0.39 is 35.1 Å². The summed E-state index contributed by atoms with van der Waals surface area (Å²) in [5, 5.41) is 0.529. The minimum atomic E-state index is -4.90. The van der Waals surface area contributed by atoms with E-state index in [1.54, 1.807) is 12.1 Å². The van der Waals surface area contributed by atoms with Gasteiger partial charge in [0, 0.05) is 23.6 Å². The molecule has 2 N–H and O–H groups in total. The summed E-state index contributed by atoms with van der Waals surface area (Å²) in [7, 11) is -2.04. The zero-order chi connectivity index (χ0) is 19.5. The first-order chi connectivity index (χ1) is 12.1. The minimum Gasteiger partial charge on any atom is -0.493 e. The minimum absolute atomic E-state index is 0.272. The third-order valence-corrected chi connectivity index (χ3v) is 4.81. The maximum absolute atomic E-state index is 14.4. The van der Waals surface area contributed by atoms with Gasteiger partial charge in [0.1, 0.15) is 0 Å². The van der Waals surface area contributed by atoms with Crippen molar-refractivity contribution in [3.05, 3.63) is 23.1 Å². The number of carbonyl (C=O) groups excluding carboxylic acids is 1. The molecule has 8 nitrogen and oxygen atoms in total. The lowest BCUT2D eigenvalue weighted by Crippen LogP contribution is -2.28. The van der Waals surface area contributed by atoms with Crippen LogP contribution in [0, 0.1) is 0 Å². The number of carbonyl (C=O) groups is 1. The lowest BCUT2D eigenvalue weighted by Gasteiger charge is -2.13. The number of hydrogen-bond acceptors (Lipinski definition) is 7. The van der Waals surface area contributed by atoms with Gasteiger partial charge in [0.25, 0.3) is 5.92 Å². The fraction of sp³-hybridized carbons (Fsp3) is 0.357. The van der Waals surface area contributed by atoms with Gasteiger partial charge < -0.3 is 9.47 Å². The first-order valence-electron chi connectivity index (χ1n) is 7.04. The van der Waals surface area contributed by atoms with E-state index >= 15 is 0 Å². The fourth-order valence-electron chi connectivity index (χ4n) is 2.09. The highest BCUT2D eigenvalue weighted by atomic mass is 32.3. The molecule has 1 heterocycles.